The third kappa shape index (κ3) is 4.91. The topological polar surface area (TPSA) is 94.9 Å². The van der Waals surface area contributed by atoms with Crippen LogP contribution in [-0.2, 0) is 14.4 Å². The van der Waals surface area contributed by atoms with Crippen molar-refractivity contribution in [2.75, 3.05) is 0 Å². The van der Waals surface area contributed by atoms with Gasteiger partial charge in [0, 0.05) is 5.03 Å². The van der Waals surface area contributed by atoms with Crippen molar-refractivity contribution in [3.63, 3.8) is 0 Å². The maximum Gasteiger partial charge on any atom is 0.327 e. The van der Waals surface area contributed by atoms with Crippen molar-refractivity contribution in [2.45, 2.75) is 12.5 Å². The molecule has 25 heavy (non-hydrogen) atoms. The Hall–Kier alpha value is -2.16. The predicted molar refractivity (Wildman–Crippen MR) is 99.1 cm³/mol. The standard InChI is InChI=1S/C16H12ClNO5S2/c17-10(6-9-4-2-1-3-5-9)7-12-14(21)18(16(24)25-12)11(15(22)23)8-13(19)20/h1-7,11H,8H2,(H,19,20)(H,22,23)/b10-6-,12-7-. The van der Waals surface area contributed by atoms with Gasteiger partial charge in [-0.2, -0.15) is 0 Å². The van der Waals surface area contributed by atoms with Crippen LogP contribution in [0.1, 0.15) is 12.0 Å². The van der Waals surface area contributed by atoms with E-state index < -0.39 is 30.3 Å². The van der Waals surface area contributed by atoms with Crippen LogP contribution in [0.4, 0.5) is 0 Å². The summed E-state index contributed by atoms with van der Waals surface area (Å²) < 4.78 is -0.0194. The number of carbonyl (C=O) groups is 3. The molecule has 1 atom stereocenters. The second-order valence-electron chi connectivity index (χ2n) is 4.94. The van der Waals surface area contributed by atoms with Gasteiger partial charge in [-0.25, -0.2) is 4.79 Å². The lowest BCUT2D eigenvalue weighted by Gasteiger charge is -2.21. The second kappa shape index (κ2) is 8.28. The third-order valence-corrected chi connectivity index (χ3v) is 4.71. The van der Waals surface area contributed by atoms with Crippen molar-refractivity contribution in [1.29, 1.82) is 0 Å². The van der Waals surface area contributed by atoms with Crippen molar-refractivity contribution < 1.29 is 24.6 Å². The van der Waals surface area contributed by atoms with Crippen molar-refractivity contribution >= 4 is 63.8 Å². The number of carboxylic acids is 2. The molecule has 1 amide bonds. The van der Waals surface area contributed by atoms with Gasteiger partial charge in [-0.05, 0) is 17.7 Å². The first-order chi connectivity index (χ1) is 11.8. The van der Waals surface area contributed by atoms with Gasteiger partial charge in [-0.15, -0.1) is 0 Å². The van der Waals surface area contributed by atoms with Gasteiger partial charge >= 0.3 is 11.9 Å². The average molecular weight is 398 g/mol. The van der Waals surface area contributed by atoms with Gasteiger partial charge in [-0.3, -0.25) is 14.5 Å². The number of nitrogens with zero attached hydrogens (tertiary/aromatic N) is 1. The van der Waals surface area contributed by atoms with Gasteiger partial charge in [0.1, 0.15) is 10.4 Å². The van der Waals surface area contributed by atoms with E-state index in [1.54, 1.807) is 6.08 Å². The summed E-state index contributed by atoms with van der Waals surface area (Å²) in [5, 5.41) is 18.3. The molecule has 2 N–H and O–H groups in total. The van der Waals surface area contributed by atoms with Crippen LogP contribution >= 0.6 is 35.6 Å². The highest BCUT2D eigenvalue weighted by Crippen LogP contribution is 2.34. The molecule has 1 aliphatic heterocycles. The first-order valence-corrected chi connectivity index (χ1v) is 8.53. The first kappa shape index (κ1) is 19.2. The Morgan fingerprint density at radius 1 is 1.28 bits per heavy atom. The fourth-order valence-corrected chi connectivity index (χ4v) is 3.73. The SMILES string of the molecule is O=C(O)CC(C(=O)O)N1C(=O)/C(=C/C(Cl)=C/c2ccccc2)SC1=S. The van der Waals surface area contributed by atoms with Crippen LogP contribution in [0, 0.1) is 0 Å². The molecule has 1 aliphatic rings. The fraction of sp³-hybridized carbons (Fsp3) is 0.125. The van der Waals surface area contributed by atoms with E-state index in [1.165, 1.54) is 6.08 Å². The number of hydrogen-bond donors (Lipinski definition) is 2. The third-order valence-electron chi connectivity index (χ3n) is 3.16. The van der Waals surface area contributed by atoms with Gasteiger partial charge in [0.15, 0.2) is 0 Å². The van der Waals surface area contributed by atoms with Crippen LogP contribution < -0.4 is 0 Å². The zero-order valence-corrected chi connectivity index (χ0v) is 15.0. The maximum atomic E-state index is 12.4. The highest BCUT2D eigenvalue weighted by atomic mass is 35.5. The van der Waals surface area contributed by atoms with E-state index in [9.17, 15) is 19.5 Å². The van der Waals surface area contributed by atoms with Gasteiger partial charge in [-0.1, -0.05) is 65.9 Å². The fourth-order valence-electron chi connectivity index (χ4n) is 2.08. The number of carbonyl (C=O) groups excluding carboxylic acids is 1. The van der Waals surface area contributed by atoms with E-state index in [-0.39, 0.29) is 14.3 Å². The Labute approximate surface area is 157 Å². The van der Waals surface area contributed by atoms with Crippen LogP contribution in [0.5, 0.6) is 0 Å². The summed E-state index contributed by atoms with van der Waals surface area (Å²) in [6, 6.07) is 7.61. The van der Waals surface area contributed by atoms with E-state index >= 15 is 0 Å². The number of thioether (sulfide) groups is 1. The lowest BCUT2D eigenvalue weighted by molar-refractivity contribution is -0.150. The molecule has 1 saturated heterocycles. The lowest BCUT2D eigenvalue weighted by atomic mass is 10.2. The second-order valence-corrected chi connectivity index (χ2v) is 7.06. The number of halogens is 1. The number of thiocarbonyl (C=S) groups is 1. The highest BCUT2D eigenvalue weighted by molar-refractivity contribution is 8.26. The minimum atomic E-state index is -1.56. The molecule has 130 valence electrons. The van der Waals surface area contributed by atoms with Gasteiger partial charge in [0.05, 0.1) is 11.3 Å². The number of amides is 1. The van der Waals surface area contributed by atoms with Crippen molar-refractivity contribution in [3.05, 3.63) is 51.9 Å². The zero-order valence-electron chi connectivity index (χ0n) is 12.6. The summed E-state index contributed by atoms with van der Waals surface area (Å²) in [4.78, 5) is 35.5. The summed E-state index contributed by atoms with van der Waals surface area (Å²) >= 11 is 12.0. The molecule has 1 heterocycles. The largest absolute Gasteiger partial charge is 0.481 e. The lowest BCUT2D eigenvalue weighted by Crippen LogP contribution is -2.45. The number of rotatable bonds is 6. The molecular weight excluding hydrogens is 386 g/mol. The van der Waals surface area contributed by atoms with E-state index in [1.807, 2.05) is 30.3 Å². The van der Waals surface area contributed by atoms with Crippen molar-refractivity contribution in [3.8, 4) is 0 Å². The number of hydrogen-bond acceptors (Lipinski definition) is 5. The van der Waals surface area contributed by atoms with Crippen LogP contribution in [0.15, 0.2) is 46.3 Å². The summed E-state index contributed by atoms with van der Waals surface area (Å²) in [6.45, 7) is 0. The molecular formula is C16H12ClNO5S2. The molecule has 6 nitrogen and oxygen atoms in total. The summed E-state index contributed by atoms with van der Waals surface area (Å²) in [7, 11) is 0. The first-order valence-electron chi connectivity index (χ1n) is 6.93. The number of carboxylic acid groups (broad SMARTS) is 2. The molecule has 2 rings (SSSR count). The molecule has 0 bridgehead atoms. The Balaban J connectivity index is 2.26. The van der Waals surface area contributed by atoms with E-state index in [2.05, 4.69) is 0 Å². The molecule has 0 spiro atoms. The van der Waals surface area contributed by atoms with Crippen molar-refractivity contribution in [2.24, 2.45) is 0 Å². The Morgan fingerprint density at radius 2 is 1.92 bits per heavy atom. The predicted octanol–water partition coefficient (Wildman–Crippen LogP) is 2.94. The van der Waals surface area contributed by atoms with Gasteiger partial charge < -0.3 is 10.2 Å². The van der Waals surface area contributed by atoms with Crippen LogP contribution in [-0.4, -0.2) is 43.3 Å². The number of benzene rings is 1. The Kier molecular flexibility index (Phi) is 6.35. The van der Waals surface area contributed by atoms with Crippen LogP contribution in [0.25, 0.3) is 6.08 Å². The van der Waals surface area contributed by atoms with Crippen LogP contribution in [0.3, 0.4) is 0 Å². The van der Waals surface area contributed by atoms with Gasteiger partial charge in [0.2, 0.25) is 0 Å². The normalized spacial score (nSPS) is 17.9. The summed E-state index contributed by atoms with van der Waals surface area (Å²) in [6.07, 6.45) is 2.27. The van der Waals surface area contributed by atoms with Crippen molar-refractivity contribution in [1.82, 2.24) is 4.90 Å². The zero-order chi connectivity index (χ0) is 18.6. The van der Waals surface area contributed by atoms with E-state index in [4.69, 9.17) is 28.9 Å². The molecule has 0 radical (unpaired) electrons. The van der Waals surface area contributed by atoms with E-state index in [0.717, 1.165) is 22.2 Å². The molecule has 0 saturated carbocycles. The number of allylic oxidation sites excluding steroid dienone is 2. The molecule has 1 aromatic carbocycles. The summed E-state index contributed by atoms with van der Waals surface area (Å²) in [5.74, 6) is -3.46. The Bertz CT molecular complexity index is 791. The van der Waals surface area contributed by atoms with Crippen LogP contribution in [0.2, 0.25) is 0 Å². The molecule has 1 aromatic rings. The molecule has 1 fully saturated rings. The average Bonchev–Trinajstić information content (AvgIpc) is 2.79. The maximum absolute atomic E-state index is 12.4. The summed E-state index contributed by atoms with van der Waals surface area (Å²) in [5.41, 5.74) is 0.827. The molecule has 9 heteroatoms. The molecule has 0 aliphatic carbocycles. The Morgan fingerprint density at radius 3 is 2.48 bits per heavy atom. The van der Waals surface area contributed by atoms with Gasteiger partial charge in [0.25, 0.3) is 5.91 Å². The molecule has 1 unspecified atom stereocenters. The quantitative estimate of drug-likeness (QED) is 0.562. The number of aliphatic carboxylic acids is 2. The smallest absolute Gasteiger partial charge is 0.327 e. The minimum Gasteiger partial charge on any atom is -0.481 e. The highest BCUT2D eigenvalue weighted by Gasteiger charge is 2.41. The minimum absolute atomic E-state index is 0.0194. The monoisotopic (exact) mass is 397 g/mol. The molecule has 0 aromatic heterocycles. The van der Waals surface area contributed by atoms with E-state index in [0.29, 0.717) is 0 Å².